The molecule has 1 unspecified atom stereocenters. The first kappa shape index (κ1) is 16.2. The fourth-order valence-electron chi connectivity index (χ4n) is 1.12. The van der Waals surface area contributed by atoms with Crippen molar-refractivity contribution in [2.45, 2.75) is 52.2 Å². The third kappa shape index (κ3) is 7.46. The van der Waals surface area contributed by atoms with E-state index in [4.69, 9.17) is 9.84 Å². The van der Waals surface area contributed by atoms with Gasteiger partial charge in [-0.2, -0.15) is 0 Å². The van der Waals surface area contributed by atoms with Crippen LogP contribution >= 0.6 is 0 Å². The molecule has 0 saturated heterocycles. The fourth-order valence-corrected chi connectivity index (χ4v) is 1.12. The van der Waals surface area contributed by atoms with Gasteiger partial charge in [-0.05, 0) is 40.5 Å². The standard InChI is InChI=1S/C12H19NO5/c1-8(7-14)5-6-9(10(15)16)13-11(17)18-12(2,3)4/h9H,5-6H2,1-4H3,(H,13,17)(H,15,16). The van der Waals surface area contributed by atoms with E-state index in [2.05, 4.69) is 5.32 Å². The van der Waals surface area contributed by atoms with Gasteiger partial charge in [0.1, 0.15) is 17.6 Å². The average molecular weight is 257 g/mol. The maximum atomic E-state index is 11.4. The van der Waals surface area contributed by atoms with Crippen LogP contribution < -0.4 is 5.32 Å². The highest BCUT2D eigenvalue weighted by molar-refractivity contribution is 5.80. The maximum absolute atomic E-state index is 11.4. The van der Waals surface area contributed by atoms with E-state index in [-0.39, 0.29) is 12.8 Å². The van der Waals surface area contributed by atoms with Gasteiger partial charge < -0.3 is 15.2 Å². The molecule has 0 bridgehead atoms. The van der Waals surface area contributed by atoms with E-state index < -0.39 is 23.7 Å². The molecule has 0 aromatic rings. The summed E-state index contributed by atoms with van der Waals surface area (Å²) in [6, 6.07) is -1.08. The van der Waals surface area contributed by atoms with Crippen molar-refractivity contribution < 1.29 is 24.2 Å². The molecule has 102 valence electrons. The van der Waals surface area contributed by atoms with Crippen molar-refractivity contribution in [3.8, 4) is 0 Å². The summed E-state index contributed by atoms with van der Waals surface area (Å²) in [5, 5.41) is 11.2. The number of ether oxygens (including phenoxy) is 1. The minimum absolute atomic E-state index is 0.121. The smallest absolute Gasteiger partial charge is 0.408 e. The monoisotopic (exact) mass is 257 g/mol. The van der Waals surface area contributed by atoms with E-state index in [9.17, 15) is 14.4 Å². The van der Waals surface area contributed by atoms with Crippen LogP contribution in [0.3, 0.4) is 0 Å². The summed E-state index contributed by atoms with van der Waals surface area (Å²) in [5.74, 6) is 0.513. The third-order valence-electron chi connectivity index (χ3n) is 1.97. The number of allylic oxidation sites excluding steroid dienone is 1. The number of carbonyl (C=O) groups excluding carboxylic acids is 2. The Morgan fingerprint density at radius 3 is 2.33 bits per heavy atom. The topological polar surface area (TPSA) is 92.7 Å². The number of carboxylic acids is 1. The van der Waals surface area contributed by atoms with Gasteiger partial charge in [-0.1, -0.05) is 0 Å². The van der Waals surface area contributed by atoms with Gasteiger partial charge >= 0.3 is 12.1 Å². The molecule has 2 N–H and O–H groups in total. The van der Waals surface area contributed by atoms with Gasteiger partial charge in [0.05, 0.1) is 0 Å². The first-order valence-corrected chi connectivity index (χ1v) is 5.58. The number of amides is 1. The van der Waals surface area contributed by atoms with E-state index in [1.165, 1.54) is 0 Å². The summed E-state index contributed by atoms with van der Waals surface area (Å²) in [6.07, 6.45) is -0.408. The van der Waals surface area contributed by atoms with Crippen LogP contribution in [0.15, 0.2) is 5.57 Å². The summed E-state index contributed by atoms with van der Waals surface area (Å²) in [7, 11) is 0. The lowest BCUT2D eigenvalue weighted by Crippen LogP contribution is -2.43. The molecular formula is C12H19NO5. The minimum atomic E-state index is -1.17. The van der Waals surface area contributed by atoms with E-state index in [1.54, 1.807) is 33.6 Å². The lowest BCUT2D eigenvalue weighted by Gasteiger charge is -2.21. The lowest BCUT2D eigenvalue weighted by atomic mass is 10.1. The van der Waals surface area contributed by atoms with Crippen LogP contribution in [-0.2, 0) is 14.3 Å². The average Bonchev–Trinajstić information content (AvgIpc) is 2.20. The van der Waals surface area contributed by atoms with E-state index in [0.29, 0.717) is 5.57 Å². The molecule has 1 amide bonds. The first-order valence-electron chi connectivity index (χ1n) is 5.58. The SMILES string of the molecule is CC(=C=O)CCC(NC(=O)OC(C)(C)C)C(=O)O. The predicted molar refractivity (Wildman–Crippen MR) is 64.9 cm³/mol. The Kier molecular flexibility index (Phi) is 6.13. The third-order valence-corrected chi connectivity index (χ3v) is 1.97. The fraction of sp³-hybridized carbons (Fsp3) is 0.667. The Labute approximate surface area is 106 Å². The van der Waals surface area contributed by atoms with E-state index in [0.717, 1.165) is 0 Å². The Balaban J connectivity index is 4.41. The van der Waals surface area contributed by atoms with Crippen LogP contribution in [0.2, 0.25) is 0 Å². The summed E-state index contributed by atoms with van der Waals surface area (Å²) in [5.41, 5.74) is -0.279. The van der Waals surface area contributed by atoms with Crippen molar-refractivity contribution in [1.82, 2.24) is 5.32 Å². The number of rotatable bonds is 5. The zero-order valence-corrected chi connectivity index (χ0v) is 11.1. The molecule has 1 atom stereocenters. The Bertz CT molecular complexity index is 363. The van der Waals surface area contributed by atoms with E-state index in [1.807, 2.05) is 0 Å². The Hall–Kier alpha value is -1.81. The van der Waals surface area contributed by atoms with Crippen LogP contribution in [0.5, 0.6) is 0 Å². The van der Waals surface area contributed by atoms with Crippen molar-refractivity contribution in [3.05, 3.63) is 5.57 Å². The van der Waals surface area contributed by atoms with Crippen LogP contribution in [0.1, 0.15) is 40.5 Å². The summed E-state index contributed by atoms with van der Waals surface area (Å²) < 4.78 is 4.95. The van der Waals surface area contributed by atoms with Crippen molar-refractivity contribution in [1.29, 1.82) is 0 Å². The zero-order chi connectivity index (χ0) is 14.3. The number of hydrogen-bond donors (Lipinski definition) is 2. The second kappa shape index (κ2) is 6.81. The molecule has 0 rings (SSSR count). The molecule has 0 fully saturated rings. The lowest BCUT2D eigenvalue weighted by molar-refractivity contribution is -0.139. The molecule has 0 heterocycles. The van der Waals surface area contributed by atoms with Crippen molar-refractivity contribution >= 4 is 18.0 Å². The van der Waals surface area contributed by atoms with Crippen LogP contribution in [0.4, 0.5) is 4.79 Å². The largest absolute Gasteiger partial charge is 0.480 e. The molecule has 0 aliphatic rings. The second-order valence-electron chi connectivity index (χ2n) is 4.96. The molecule has 6 heteroatoms. The molecule has 18 heavy (non-hydrogen) atoms. The van der Waals surface area contributed by atoms with Crippen molar-refractivity contribution in [3.63, 3.8) is 0 Å². The summed E-state index contributed by atoms with van der Waals surface area (Å²) >= 11 is 0. The molecule has 0 radical (unpaired) electrons. The number of hydrogen-bond acceptors (Lipinski definition) is 4. The molecule has 0 aliphatic heterocycles. The molecule has 0 aromatic heterocycles. The Morgan fingerprint density at radius 2 is 1.94 bits per heavy atom. The van der Waals surface area contributed by atoms with Gasteiger partial charge in [0, 0.05) is 5.57 Å². The molecule has 0 saturated carbocycles. The number of carboxylic acid groups (broad SMARTS) is 1. The molecule has 0 aliphatic carbocycles. The van der Waals surface area contributed by atoms with E-state index >= 15 is 0 Å². The van der Waals surface area contributed by atoms with Crippen molar-refractivity contribution in [2.75, 3.05) is 0 Å². The minimum Gasteiger partial charge on any atom is -0.480 e. The van der Waals surface area contributed by atoms with Crippen LogP contribution in [0.25, 0.3) is 0 Å². The van der Waals surface area contributed by atoms with Gasteiger partial charge in [-0.15, -0.1) is 0 Å². The predicted octanol–water partition coefficient (Wildman–Crippen LogP) is 1.52. The first-order chi connectivity index (χ1) is 8.15. The Morgan fingerprint density at radius 1 is 1.39 bits per heavy atom. The normalized spacial score (nSPS) is 12.2. The highest BCUT2D eigenvalue weighted by atomic mass is 16.6. The van der Waals surface area contributed by atoms with Gasteiger partial charge in [0.25, 0.3) is 0 Å². The number of alkyl carbamates (subject to hydrolysis) is 1. The molecule has 0 spiro atoms. The van der Waals surface area contributed by atoms with Gasteiger partial charge in [-0.3, -0.25) is 0 Å². The van der Waals surface area contributed by atoms with Gasteiger partial charge in [0.15, 0.2) is 0 Å². The molecule has 6 nitrogen and oxygen atoms in total. The highest BCUT2D eigenvalue weighted by Crippen LogP contribution is 2.09. The van der Waals surface area contributed by atoms with Crippen LogP contribution in [0, 0.1) is 0 Å². The van der Waals surface area contributed by atoms with Crippen LogP contribution in [-0.4, -0.2) is 34.8 Å². The zero-order valence-electron chi connectivity index (χ0n) is 11.1. The maximum Gasteiger partial charge on any atom is 0.408 e. The van der Waals surface area contributed by atoms with Gasteiger partial charge in [0.2, 0.25) is 0 Å². The summed E-state index contributed by atoms with van der Waals surface area (Å²) in [4.78, 5) is 32.6. The number of carbonyl (C=O) groups is 2. The van der Waals surface area contributed by atoms with Gasteiger partial charge in [-0.25, -0.2) is 14.4 Å². The summed E-state index contributed by atoms with van der Waals surface area (Å²) in [6.45, 7) is 6.60. The van der Waals surface area contributed by atoms with Crippen molar-refractivity contribution in [2.24, 2.45) is 0 Å². The molecule has 0 aromatic carbocycles. The molecular weight excluding hydrogens is 238 g/mol. The second-order valence-corrected chi connectivity index (χ2v) is 4.96. The number of aliphatic carboxylic acids is 1. The quantitative estimate of drug-likeness (QED) is 0.728. The highest BCUT2D eigenvalue weighted by Gasteiger charge is 2.23. The number of nitrogens with one attached hydrogen (secondary N) is 1.